The van der Waals surface area contributed by atoms with Gasteiger partial charge in [0.15, 0.2) is 11.7 Å². The lowest BCUT2D eigenvalue weighted by atomic mass is 9.52. The number of rotatable bonds is 18. The molecular formula is C47H64O7. The molecule has 7 nitrogen and oxygen atoms in total. The fraction of sp³-hybridized carbons (Fsp3) is 0.553. The lowest BCUT2D eigenvalue weighted by Gasteiger charge is -2.51. The summed E-state index contributed by atoms with van der Waals surface area (Å²) in [7, 11) is 1.41. The summed E-state index contributed by atoms with van der Waals surface area (Å²) in [5, 5.41) is 0. The molecule has 4 unspecified atom stereocenters. The van der Waals surface area contributed by atoms with Crippen molar-refractivity contribution in [2.75, 3.05) is 7.11 Å². The molecule has 0 spiro atoms. The maximum Gasteiger partial charge on any atom is 0.325 e. The topological polar surface area (TPSA) is 88.1 Å². The van der Waals surface area contributed by atoms with Crippen molar-refractivity contribution in [2.45, 2.75) is 143 Å². The highest BCUT2D eigenvalue weighted by Crippen LogP contribution is 2.57. The average Bonchev–Trinajstić information content (AvgIpc) is 3.58. The quantitative estimate of drug-likeness (QED) is 0.0555. The summed E-state index contributed by atoms with van der Waals surface area (Å²) in [6.07, 6.45) is 4.11. The molecule has 7 heteroatoms. The fourth-order valence-electron chi connectivity index (χ4n) is 8.81. The van der Waals surface area contributed by atoms with E-state index in [1.807, 2.05) is 84.0 Å². The van der Waals surface area contributed by atoms with Gasteiger partial charge in [-0.3, -0.25) is 14.4 Å². The summed E-state index contributed by atoms with van der Waals surface area (Å²) in [6, 6.07) is 31.3. The molecule has 0 radical (unpaired) electrons. The van der Waals surface area contributed by atoms with E-state index in [0.29, 0.717) is 12.8 Å². The number of hydrogen-bond donors (Lipinski definition) is 0. The predicted molar refractivity (Wildman–Crippen MR) is 214 cm³/mol. The third-order valence-corrected chi connectivity index (χ3v) is 12.2. The van der Waals surface area contributed by atoms with Gasteiger partial charge in [0.25, 0.3) is 0 Å². The molecule has 294 valence electrons. The van der Waals surface area contributed by atoms with E-state index in [4.69, 9.17) is 18.9 Å². The summed E-state index contributed by atoms with van der Waals surface area (Å²) in [4.78, 5) is 43.5. The van der Waals surface area contributed by atoms with Crippen LogP contribution in [0.1, 0.15) is 136 Å². The Bertz CT molecular complexity index is 1620. The van der Waals surface area contributed by atoms with E-state index < -0.39 is 51.5 Å². The maximum absolute atomic E-state index is 14.6. The smallest absolute Gasteiger partial charge is 0.325 e. The SMILES string of the molecule is CCC(CC(CC(C)(C(=O)OC)C(C)(C)CC(C)(C(=O)OC(C)OC(C)C)C(=O)OC1(C)CCCC1)(c1ccccc1)c1ccccc1)c1ccccc1. The van der Waals surface area contributed by atoms with Crippen molar-refractivity contribution in [3.05, 3.63) is 108 Å². The molecule has 0 N–H and O–H groups in total. The Hall–Kier alpha value is -3.97. The van der Waals surface area contributed by atoms with Crippen LogP contribution in [-0.2, 0) is 38.7 Å². The standard InChI is InChI=1S/C47H64O7/c1-11-36(37-23-15-12-16-24-37)31-47(38-25-17-13-18-26-38,39-27-19-14-20-28-39)33-46(9,42(50)51-10)43(5,6)32-45(8,40(48)53-35(4)52-34(2)3)41(49)54-44(7)29-21-22-30-44/h12-20,23-28,34-36H,11,21-22,29-33H2,1-10H3. The normalized spacial score (nSPS) is 17.8. The fourth-order valence-corrected chi connectivity index (χ4v) is 8.81. The zero-order valence-corrected chi connectivity index (χ0v) is 34.4. The van der Waals surface area contributed by atoms with Crippen molar-refractivity contribution in [3.63, 3.8) is 0 Å². The second-order valence-electron chi connectivity index (χ2n) is 17.1. The van der Waals surface area contributed by atoms with E-state index in [-0.39, 0.29) is 18.4 Å². The molecule has 4 atom stereocenters. The summed E-state index contributed by atoms with van der Waals surface area (Å²) in [6.45, 7) is 17.0. The summed E-state index contributed by atoms with van der Waals surface area (Å²) in [5.41, 5.74) is -2.01. The van der Waals surface area contributed by atoms with Crippen molar-refractivity contribution >= 4 is 17.9 Å². The Kier molecular flexibility index (Phi) is 14.0. The lowest BCUT2D eigenvalue weighted by Crippen LogP contribution is -2.53. The molecule has 3 aromatic rings. The Morgan fingerprint density at radius 3 is 1.69 bits per heavy atom. The summed E-state index contributed by atoms with van der Waals surface area (Å²) >= 11 is 0. The van der Waals surface area contributed by atoms with Crippen LogP contribution < -0.4 is 0 Å². The zero-order valence-electron chi connectivity index (χ0n) is 34.4. The maximum atomic E-state index is 14.6. The predicted octanol–water partition coefficient (Wildman–Crippen LogP) is 10.7. The van der Waals surface area contributed by atoms with Crippen LogP contribution in [0.3, 0.4) is 0 Å². The van der Waals surface area contributed by atoms with Crippen LogP contribution in [0.15, 0.2) is 91.0 Å². The second-order valence-corrected chi connectivity index (χ2v) is 17.1. The molecule has 1 saturated carbocycles. The number of carbonyl (C=O) groups excluding carboxylic acids is 3. The van der Waals surface area contributed by atoms with Crippen LogP contribution in [0, 0.1) is 16.2 Å². The van der Waals surface area contributed by atoms with E-state index in [1.165, 1.54) is 12.7 Å². The third kappa shape index (κ3) is 9.45. The minimum Gasteiger partial charge on any atom is -0.469 e. The zero-order chi connectivity index (χ0) is 39.8. The van der Waals surface area contributed by atoms with Gasteiger partial charge in [0.05, 0.1) is 18.6 Å². The van der Waals surface area contributed by atoms with Crippen LogP contribution in [0.5, 0.6) is 0 Å². The monoisotopic (exact) mass is 740 g/mol. The van der Waals surface area contributed by atoms with Crippen LogP contribution in [0.2, 0.25) is 0 Å². The molecule has 1 aliphatic carbocycles. The van der Waals surface area contributed by atoms with E-state index in [9.17, 15) is 14.4 Å². The largest absolute Gasteiger partial charge is 0.469 e. The van der Waals surface area contributed by atoms with Crippen LogP contribution >= 0.6 is 0 Å². The molecule has 54 heavy (non-hydrogen) atoms. The third-order valence-electron chi connectivity index (χ3n) is 12.2. The van der Waals surface area contributed by atoms with Crippen molar-refractivity contribution in [3.8, 4) is 0 Å². The van der Waals surface area contributed by atoms with Crippen LogP contribution in [-0.4, -0.2) is 43.0 Å². The van der Waals surface area contributed by atoms with Gasteiger partial charge in [-0.1, -0.05) is 112 Å². The van der Waals surface area contributed by atoms with Crippen molar-refractivity contribution in [2.24, 2.45) is 16.2 Å². The van der Waals surface area contributed by atoms with E-state index >= 15 is 0 Å². The van der Waals surface area contributed by atoms with Gasteiger partial charge in [-0.25, -0.2) is 0 Å². The number of hydrogen-bond acceptors (Lipinski definition) is 7. The molecule has 0 aromatic heterocycles. The minimum atomic E-state index is -1.77. The highest BCUT2D eigenvalue weighted by Gasteiger charge is 2.59. The van der Waals surface area contributed by atoms with Gasteiger partial charge in [-0.2, -0.15) is 0 Å². The first-order valence-electron chi connectivity index (χ1n) is 19.8. The molecule has 0 heterocycles. The first-order chi connectivity index (χ1) is 25.4. The minimum absolute atomic E-state index is 0.0384. The number of carbonyl (C=O) groups is 3. The Morgan fingerprint density at radius 1 is 0.722 bits per heavy atom. The van der Waals surface area contributed by atoms with E-state index in [0.717, 1.165) is 43.2 Å². The lowest BCUT2D eigenvalue weighted by molar-refractivity contribution is -0.204. The Balaban J connectivity index is 1.91. The van der Waals surface area contributed by atoms with E-state index in [1.54, 1.807) is 13.8 Å². The first kappa shape index (κ1) is 42.8. The number of methoxy groups -OCH3 is 1. The second kappa shape index (κ2) is 17.7. The summed E-state index contributed by atoms with van der Waals surface area (Å²) < 4.78 is 23.6. The molecule has 3 aromatic carbocycles. The Morgan fingerprint density at radius 2 is 1.22 bits per heavy atom. The van der Waals surface area contributed by atoms with Gasteiger partial charge in [0, 0.05) is 5.41 Å². The molecule has 0 amide bonds. The highest BCUT2D eigenvalue weighted by atomic mass is 16.7. The van der Waals surface area contributed by atoms with Crippen molar-refractivity contribution in [1.82, 2.24) is 0 Å². The van der Waals surface area contributed by atoms with Crippen molar-refractivity contribution in [1.29, 1.82) is 0 Å². The molecule has 1 aliphatic rings. The Labute approximate surface area is 324 Å². The number of ether oxygens (including phenoxy) is 4. The van der Waals surface area contributed by atoms with Gasteiger partial charge < -0.3 is 18.9 Å². The molecule has 1 fully saturated rings. The molecule has 0 bridgehead atoms. The van der Waals surface area contributed by atoms with Crippen LogP contribution in [0.25, 0.3) is 0 Å². The van der Waals surface area contributed by atoms with E-state index in [2.05, 4.69) is 55.5 Å². The number of esters is 3. The van der Waals surface area contributed by atoms with Crippen LogP contribution in [0.4, 0.5) is 0 Å². The first-order valence-corrected chi connectivity index (χ1v) is 19.8. The van der Waals surface area contributed by atoms with Gasteiger partial charge in [0.1, 0.15) is 5.60 Å². The van der Waals surface area contributed by atoms with Gasteiger partial charge >= 0.3 is 17.9 Å². The molecule has 4 rings (SSSR count). The molecular weight excluding hydrogens is 677 g/mol. The highest BCUT2D eigenvalue weighted by molar-refractivity contribution is 6.00. The van der Waals surface area contributed by atoms with Gasteiger partial charge in [-0.15, -0.1) is 0 Å². The summed E-state index contributed by atoms with van der Waals surface area (Å²) in [5.74, 6) is -1.65. The van der Waals surface area contributed by atoms with Gasteiger partial charge in [-0.05, 0) is 121 Å². The molecule has 0 aliphatic heterocycles. The van der Waals surface area contributed by atoms with Crippen molar-refractivity contribution < 1.29 is 33.3 Å². The number of benzene rings is 3. The average molecular weight is 741 g/mol. The molecule has 0 saturated heterocycles. The van der Waals surface area contributed by atoms with Gasteiger partial charge in [0.2, 0.25) is 0 Å².